The Morgan fingerprint density at radius 1 is 1.09 bits per heavy atom. The fourth-order valence-corrected chi connectivity index (χ4v) is 0.656. The van der Waals surface area contributed by atoms with Gasteiger partial charge in [0.05, 0.1) is 0 Å². The van der Waals surface area contributed by atoms with Crippen LogP contribution in [0, 0.1) is 27.0 Å². The zero-order valence-electron chi connectivity index (χ0n) is 6.76. The van der Waals surface area contributed by atoms with Gasteiger partial charge in [-0.3, -0.25) is 0 Å². The first-order chi connectivity index (χ1) is 3.72. The predicted molar refractivity (Wildman–Crippen MR) is 33.8 cm³/mol. The molecular weight excluding hydrogens is 260 g/mol. The minimum absolute atomic E-state index is 0. The summed E-state index contributed by atoms with van der Waals surface area (Å²) >= 11 is 0. The van der Waals surface area contributed by atoms with E-state index in [0.29, 0.717) is 0 Å². The van der Waals surface area contributed by atoms with Crippen LogP contribution in [-0.2, 0) is 26.2 Å². The molecule has 4 heteroatoms. The minimum atomic E-state index is 0. The zero-order chi connectivity index (χ0) is 6.15. The summed E-state index contributed by atoms with van der Waals surface area (Å²) in [6.07, 6.45) is 3.01. The molecule has 0 aliphatic rings. The molecule has 1 N–H and O–H groups in total. The van der Waals surface area contributed by atoms with Gasteiger partial charge in [0.2, 0.25) is 0 Å². The SMILES string of the molecule is Cc1[c-][nH]c(C)c1C.[Cl-].[Cl-].[Zr+3]. The molecule has 0 amide bonds. The second-order valence-corrected chi connectivity index (χ2v) is 2.12. The van der Waals surface area contributed by atoms with Gasteiger partial charge in [0, 0.05) is 0 Å². The van der Waals surface area contributed by atoms with Gasteiger partial charge in [-0.2, -0.15) is 11.1 Å². The van der Waals surface area contributed by atoms with Crippen LogP contribution in [0.2, 0.25) is 0 Å². The Hall–Kier alpha value is 0.743. The van der Waals surface area contributed by atoms with Crippen molar-refractivity contribution in [3.63, 3.8) is 0 Å². The maximum absolute atomic E-state index is 3.01. The molecule has 0 unspecified atom stereocenters. The van der Waals surface area contributed by atoms with Crippen LogP contribution in [0.25, 0.3) is 0 Å². The summed E-state index contributed by atoms with van der Waals surface area (Å²) in [5, 5.41) is 0. The van der Waals surface area contributed by atoms with Crippen LogP contribution in [-0.4, -0.2) is 4.98 Å². The summed E-state index contributed by atoms with van der Waals surface area (Å²) in [6.45, 7) is 6.20. The molecule has 1 aromatic heterocycles. The normalized spacial score (nSPS) is 7.18. The number of halogens is 2. The Bertz CT molecular complexity index is 179. The third-order valence-electron chi connectivity index (χ3n) is 1.56. The Morgan fingerprint density at radius 2 is 1.55 bits per heavy atom. The third-order valence-corrected chi connectivity index (χ3v) is 1.56. The number of rotatable bonds is 0. The maximum Gasteiger partial charge on any atom is 3.00 e. The first-order valence-electron chi connectivity index (χ1n) is 2.75. The van der Waals surface area contributed by atoms with E-state index in [2.05, 4.69) is 32.0 Å². The third kappa shape index (κ3) is 4.35. The van der Waals surface area contributed by atoms with Crippen molar-refractivity contribution in [2.24, 2.45) is 0 Å². The van der Waals surface area contributed by atoms with E-state index < -0.39 is 0 Å². The van der Waals surface area contributed by atoms with Gasteiger partial charge in [0.1, 0.15) is 0 Å². The first-order valence-corrected chi connectivity index (χ1v) is 2.75. The number of aryl methyl sites for hydroxylation is 2. The molecular formula is C7H10Cl2NZr. The molecule has 0 saturated heterocycles. The van der Waals surface area contributed by atoms with Gasteiger partial charge in [-0.1, -0.05) is 20.8 Å². The molecule has 1 aromatic rings. The van der Waals surface area contributed by atoms with Crippen LogP contribution < -0.4 is 24.8 Å². The van der Waals surface area contributed by atoms with E-state index >= 15 is 0 Å². The van der Waals surface area contributed by atoms with E-state index in [-0.39, 0.29) is 51.0 Å². The van der Waals surface area contributed by atoms with Crippen molar-refractivity contribution in [1.29, 1.82) is 0 Å². The number of aromatic amines is 1. The smallest absolute Gasteiger partial charge is 1.00 e. The monoisotopic (exact) mass is 268 g/mol. The van der Waals surface area contributed by atoms with Gasteiger partial charge in [0.25, 0.3) is 0 Å². The van der Waals surface area contributed by atoms with Crippen LogP contribution in [0.15, 0.2) is 0 Å². The standard InChI is InChI=1S/C7H10N.2ClH.Zr/c1-5-4-8-7(3)6(5)2;;;/h8H,1-3H3;2*1H;/q-1;;;+3/p-2. The number of hydrogen-bond acceptors (Lipinski definition) is 0. The van der Waals surface area contributed by atoms with Crippen molar-refractivity contribution in [1.82, 2.24) is 4.98 Å². The van der Waals surface area contributed by atoms with Crippen molar-refractivity contribution < 1.29 is 51.0 Å². The predicted octanol–water partition coefficient (Wildman–Crippen LogP) is -4.25. The van der Waals surface area contributed by atoms with E-state index in [4.69, 9.17) is 0 Å². The summed E-state index contributed by atoms with van der Waals surface area (Å²) in [7, 11) is 0. The molecule has 1 radical (unpaired) electrons. The fourth-order valence-electron chi connectivity index (χ4n) is 0.656. The first kappa shape index (κ1) is 17.7. The molecule has 1 nitrogen and oxygen atoms in total. The summed E-state index contributed by atoms with van der Waals surface area (Å²) in [4.78, 5) is 3.01. The number of nitrogens with one attached hydrogen (secondary N) is 1. The van der Waals surface area contributed by atoms with Crippen molar-refractivity contribution in [3.8, 4) is 0 Å². The topological polar surface area (TPSA) is 15.8 Å². The number of hydrogen-bond donors (Lipinski definition) is 1. The fraction of sp³-hybridized carbons (Fsp3) is 0.429. The van der Waals surface area contributed by atoms with E-state index in [1.54, 1.807) is 0 Å². The van der Waals surface area contributed by atoms with E-state index in [0.717, 1.165) is 0 Å². The van der Waals surface area contributed by atoms with E-state index in [1.165, 1.54) is 16.8 Å². The molecule has 1 rings (SSSR count). The van der Waals surface area contributed by atoms with E-state index in [1.807, 2.05) is 0 Å². The summed E-state index contributed by atoms with van der Waals surface area (Å²) < 4.78 is 0. The molecule has 0 fully saturated rings. The van der Waals surface area contributed by atoms with Gasteiger partial charge in [0.15, 0.2) is 0 Å². The van der Waals surface area contributed by atoms with Crippen LogP contribution in [0.1, 0.15) is 16.8 Å². The largest absolute Gasteiger partial charge is 3.00 e. The van der Waals surface area contributed by atoms with Gasteiger partial charge in [-0.25, -0.2) is 0 Å². The number of aromatic nitrogens is 1. The average Bonchev–Trinajstić information content (AvgIpc) is 1.98. The van der Waals surface area contributed by atoms with Crippen molar-refractivity contribution in [2.75, 3.05) is 0 Å². The average molecular weight is 270 g/mol. The van der Waals surface area contributed by atoms with Crippen molar-refractivity contribution >= 4 is 0 Å². The second kappa shape index (κ2) is 7.40. The molecule has 61 valence electrons. The van der Waals surface area contributed by atoms with E-state index in [9.17, 15) is 0 Å². The van der Waals surface area contributed by atoms with Gasteiger partial charge < -0.3 is 29.8 Å². The molecule has 0 atom stereocenters. The van der Waals surface area contributed by atoms with Crippen LogP contribution in [0.3, 0.4) is 0 Å². The van der Waals surface area contributed by atoms with Gasteiger partial charge in [-0.15, -0.1) is 11.9 Å². The minimum Gasteiger partial charge on any atom is -1.00 e. The Labute approximate surface area is 99.3 Å². The van der Waals surface area contributed by atoms with Crippen molar-refractivity contribution in [3.05, 3.63) is 23.0 Å². The summed E-state index contributed by atoms with van der Waals surface area (Å²) in [6, 6.07) is 0. The molecule has 0 aliphatic heterocycles. The quantitative estimate of drug-likeness (QED) is 0.460. The molecule has 0 aliphatic carbocycles. The summed E-state index contributed by atoms with van der Waals surface area (Å²) in [5.74, 6) is 0. The summed E-state index contributed by atoms with van der Waals surface area (Å²) in [5.41, 5.74) is 3.77. The molecule has 0 spiro atoms. The number of H-pyrrole nitrogens is 1. The molecule has 11 heavy (non-hydrogen) atoms. The van der Waals surface area contributed by atoms with Crippen LogP contribution in [0.4, 0.5) is 0 Å². The Balaban J connectivity index is -0.000000213. The molecule has 0 saturated carbocycles. The second-order valence-electron chi connectivity index (χ2n) is 2.12. The van der Waals surface area contributed by atoms with Crippen LogP contribution in [0.5, 0.6) is 0 Å². The molecule has 0 aromatic carbocycles. The van der Waals surface area contributed by atoms with Gasteiger partial charge in [-0.05, 0) is 0 Å². The van der Waals surface area contributed by atoms with Crippen LogP contribution >= 0.6 is 0 Å². The van der Waals surface area contributed by atoms with Crippen molar-refractivity contribution in [2.45, 2.75) is 20.8 Å². The molecule has 1 heterocycles. The molecule has 0 bridgehead atoms. The Morgan fingerprint density at radius 3 is 1.64 bits per heavy atom. The maximum atomic E-state index is 3.01. The zero-order valence-corrected chi connectivity index (χ0v) is 10.7. The Kier molecular flexibility index (Phi) is 11.9. The van der Waals surface area contributed by atoms with Gasteiger partial charge >= 0.3 is 26.2 Å².